The lowest BCUT2D eigenvalue weighted by molar-refractivity contribution is -0.0333. The van der Waals surface area contributed by atoms with Crippen LogP contribution in [0.5, 0.6) is 0 Å². The quantitative estimate of drug-likeness (QED) is 0.538. The molecule has 0 fully saturated rings. The van der Waals surface area contributed by atoms with Gasteiger partial charge in [-0.3, -0.25) is 0 Å². The van der Waals surface area contributed by atoms with E-state index in [4.69, 9.17) is 0 Å². The van der Waals surface area contributed by atoms with E-state index in [-0.39, 0.29) is 28.3 Å². The molecule has 0 aromatic rings. The van der Waals surface area contributed by atoms with E-state index < -0.39 is 5.51 Å². The molecule has 0 N–H and O–H groups in total. The van der Waals surface area contributed by atoms with Crippen molar-refractivity contribution in [3.05, 3.63) is 12.7 Å². The second-order valence-electron chi connectivity index (χ2n) is 6.06. The van der Waals surface area contributed by atoms with E-state index in [2.05, 4.69) is 20.4 Å². The van der Waals surface area contributed by atoms with Crippen molar-refractivity contribution in [2.75, 3.05) is 5.75 Å². The smallest absolute Gasteiger partial charge is 0.160 e. The largest absolute Gasteiger partial charge is 0.441 e. The lowest BCUT2D eigenvalue weighted by atomic mass is 9.78. The van der Waals surface area contributed by atoms with Crippen LogP contribution in [0.3, 0.4) is 0 Å². The Balaban J connectivity index is 4.13. The van der Waals surface area contributed by atoms with Crippen molar-refractivity contribution in [2.45, 2.75) is 52.5 Å². The summed E-state index contributed by atoms with van der Waals surface area (Å²) in [6.45, 7) is 11.8. The molecule has 0 amide bonds. The first-order valence-corrected chi connectivity index (χ1v) is 6.78. The molecule has 0 aromatic heterocycles. The maximum Gasteiger partial charge on any atom is 0.441 e. The first-order valence-electron chi connectivity index (χ1n) is 5.79. The molecular weight excluding hydrogens is 245 g/mol. The standard InChI is InChI=1S/C13H23F3S/c1-6-7-11(2,3)8-9-12(4,5)10-17-13(14,15)16/h6H,1,7-10H2,2-5H3. The highest BCUT2D eigenvalue weighted by Crippen LogP contribution is 2.39. The zero-order chi connectivity index (χ0) is 13.7. The van der Waals surface area contributed by atoms with Crippen molar-refractivity contribution in [1.82, 2.24) is 0 Å². The minimum Gasteiger partial charge on any atom is -0.160 e. The number of allylic oxidation sites excluding steroid dienone is 1. The van der Waals surface area contributed by atoms with Crippen LogP contribution in [0, 0.1) is 10.8 Å². The molecule has 0 rings (SSSR count). The van der Waals surface area contributed by atoms with Crippen molar-refractivity contribution >= 4 is 11.8 Å². The molecule has 0 radical (unpaired) electrons. The monoisotopic (exact) mass is 268 g/mol. The molecule has 0 spiro atoms. The molecular formula is C13H23F3S. The Kier molecular flexibility index (Phi) is 6.12. The molecule has 0 saturated heterocycles. The third kappa shape index (κ3) is 9.57. The van der Waals surface area contributed by atoms with Crippen LogP contribution in [0.1, 0.15) is 47.0 Å². The zero-order valence-electron chi connectivity index (χ0n) is 11.2. The van der Waals surface area contributed by atoms with Crippen LogP contribution in [0.15, 0.2) is 12.7 Å². The fraction of sp³-hybridized carbons (Fsp3) is 0.846. The van der Waals surface area contributed by atoms with Crippen LogP contribution in [-0.4, -0.2) is 11.3 Å². The minimum absolute atomic E-state index is 0.0843. The topological polar surface area (TPSA) is 0 Å². The second kappa shape index (κ2) is 6.17. The molecule has 0 aromatic carbocycles. The van der Waals surface area contributed by atoms with Gasteiger partial charge in [-0.1, -0.05) is 45.5 Å². The summed E-state index contributed by atoms with van der Waals surface area (Å²) in [4.78, 5) is 0. The predicted molar refractivity (Wildman–Crippen MR) is 70.1 cm³/mol. The van der Waals surface area contributed by atoms with Gasteiger partial charge in [-0.05, 0) is 30.1 Å². The number of hydrogen-bond acceptors (Lipinski definition) is 1. The summed E-state index contributed by atoms with van der Waals surface area (Å²) in [6.07, 6.45) is 4.49. The van der Waals surface area contributed by atoms with E-state index in [9.17, 15) is 13.2 Å². The summed E-state index contributed by atoms with van der Waals surface area (Å²) in [5.74, 6) is 0.126. The normalized spacial score (nSPS) is 13.8. The maximum atomic E-state index is 12.1. The molecule has 0 aliphatic carbocycles. The molecule has 0 aliphatic rings. The van der Waals surface area contributed by atoms with Gasteiger partial charge in [0.2, 0.25) is 0 Å². The fourth-order valence-electron chi connectivity index (χ4n) is 1.52. The van der Waals surface area contributed by atoms with Gasteiger partial charge in [0.25, 0.3) is 0 Å². The van der Waals surface area contributed by atoms with E-state index in [0.717, 1.165) is 19.3 Å². The summed E-state index contributed by atoms with van der Waals surface area (Å²) in [5, 5.41) is 0. The number of thioether (sulfide) groups is 1. The van der Waals surface area contributed by atoms with Crippen molar-refractivity contribution in [3.8, 4) is 0 Å². The molecule has 0 heterocycles. The van der Waals surface area contributed by atoms with Gasteiger partial charge in [-0.2, -0.15) is 13.2 Å². The van der Waals surface area contributed by atoms with Crippen LogP contribution >= 0.6 is 11.8 Å². The summed E-state index contributed by atoms with van der Waals surface area (Å²) in [6, 6.07) is 0. The molecule has 0 aliphatic heterocycles. The highest BCUT2D eigenvalue weighted by Gasteiger charge is 2.32. The van der Waals surface area contributed by atoms with Crippen molar-refractivity contribution < 1.29 is 13.2 Å². The van der Waals surface area contributed by atoms with Crippen LogP contribution < -0.4 is 0 Å². The molecule has 0 atom stereocenters. The molecule has 4 heteroatoms. The van der Waals surface area contributed by atoms with Crippen LogP contribution in [0.25, 0.3) is 0 Å². The lowest BCUT2D eigenvalue weighted by Crippen LogP contribution is -2.21. The Morgan fingerprint density at radius 2 is 1.47 bits per heavy atom. The van der Waals surface area contributed by atoms with Gasteiger partial charge in [0, 0.05) is 5.75 Å². The Morgan fingerprint density at radius 3 is 1.88 bits per heavy atom. The summed E-state index contributed by atoms with van der Waals surface area (Å²) in [7, 11) is 0. The Hall–Kier alpha value is -0.120. The van der Waals surface area contributed by atoms with Gasteiger partial charge in [-0.15, -0.1) is 6.58 Å². The molecule has 17 heavy (non-hydrogen) atoms. The van der Waals surface area contributed by atoms with Crippen LogP contribution in [0.4, 0.5) is 13.2 Å². The minimum atomic E-state index is -4.12. The third-order valence-corrected chi connectivity index (χ3v) is 4.06. The van der Waals surface area contributed by atoms with Gasteiger partial charge in [0.1, 0.15) is 0 Å². The van der Waals surface area contributed by atoms with Gasteiger partial charge in [0.15, 0.2) is 0 Å². The Bertz CT molecular complexity index is 242. The van der Waals surface area contributed by atoms with Crippen molar-refractivity contribution in [3.63, 3.8) is 0 Å². The summed E-state index contributed by atoms with van der Waals surface area (Å²) in [5.41, 5.74) is -4.27. The second-order valence-corrected chi connectivity index (χ2v) is 7.10. The van der Waals surface area contributed by atoms with E-state index in [1.165, 1.54) is 0 Å². The molecule has 0 bridgehead atoms. The summed E-state index contributed by atoms with van der Waals surface area (Å²) < 4.78 is 36.4. The van der Waals surface area contributed by atoms with Gasteiger partial charge in [-0.25, -0.2) is 0 Å². The number of hydrogen-bond donors (Lipinski definition) is 0. The average molecular weight is 268 g/mol. The van der Waals surface area contributed by atoms with E-state index in [1.807, 2.05) is 19.9 Å². The van der Waals surface area contributed by atoms with Crippen molar-refractivity contribution in [2.24, 2.45) is 10.8 Å². The molecule has 0 unspecified atom stereocenters. The van der Waals surface area contributed by atoms with Crippen LogP contribution in [-0.2, 0) is 0 Å². The predicted octanol–water partition coefficient (Wildman–Crippen LogP) is 5.65. The Morgan fingerprint density at radius 1 is 1.00 bits per heavy atom. The maximum absolute atomic E-state index is 12.1. The highest BCUT2D eigenvalue weighted by atomic mass is 32.2. The van der Waals surface area contributed by atoms with Crippen molar-refractivity contribution in [1.29, 1.82) is 0 Å². The average Bonchev–Trinajstić information content (AvgIpc) is 2.12. The first kappa shape index (κ1) is 16.9. The number of rotatable bonds is 7. The van der Waals surface area contributed by atoms with Gasteiger partial charge >= 0.3 is 5.51 Å². The van der Waals surface area contributed by atoms with Crippen LogP contribution in [0.2, 0.25) is 0 Å². The summed E-state index contributed by atoms with van der Waals surface area (Å²) >= 11 is 0.0843. The van der Waals surface area contributed by atoms with E-state index in [0.29, 0.717) is 0 Å². The lowest BCUT2D eigenvalue weighted by Gasteiger charge is -2.30. The van der Waals surface area contributed by atoms with E-state index >= 15 is 0 Å². The molecule has 0 saturated carbocycles. The number of alkyl halides is 3. The number of halogens is 3. The molecule has 102 valence electrons. The molecule has 0 nitrogen and oxygen atoms in total. The zero-order valence-corrected chi connectivity index (χ0v) is 12.0. The Labute approximate surface area is 107 Å². The van der Waals surface area contributed by atoms with E-state index in [1.54, 1.807) is 0 Å². The fourth-order valence-corrected chi connectivity index (χ4v) is 2.22. The highest BCUT2D eigenvalue weighted by molar-refractivity contribution is 8.00. The SMILES string of the molecule is C=CCC(C)(C)CCC(C)(C)CSC(F)(F)F. The third-order valence-electron chi connectivity index (χ3n) is 2.80. The first-order chi connectivity index (χ1) is 7.47. The van der Waals surface area contributed by atoms with Gasteiger partial charge in [0.05, 0.1) is 0 Å². The van der Waals surface area contributed by atoms with Gasteiger partial charge < -0.3 is 0 Å².